The quantitative estimate of drug-likeness (QED) is 0.182. The molecule has 10 aromatic rings. The number of benzene rings is 8. The summed E-state index contributed by atoms with van der Waals surface area (Å²) in [6.45, 7) is 0. The van der Waals surface area contributed by atoms with E-state index < -0.39 is 0 Å². The molecule has 2 heterocycles. The third-order valence-corrected chi connectivity index (χ3v) is 10.8. The SMILES string of the molecule is c1ccc(-c2nc(-c3cccc(-c4cccc(-c5ccc6c7c(cccc57)-c5ccccc5-6)c4)c3)nc3c2c2ccccc2n3-c2ccccc2)cc1. The van der Waals surface area contributed by atoms with E-state index in [0.717, 1.165) is 55.6 Å². The minimum Gasteiger partial charge on any atom is -0.294 e. The van der Waals surface area contributed by atoms with Crippen molar-refractivity contribution in [3.05, 3.63) is 188 Å². The van der Waals surface area contributed by atoms with Gasteiger partial charge in [-0.3, -0.25) is 4.57 Å². The van der Waals surface area contributed by atoms with Crippen molar-refractivity contribution in [1.82, 2.24) is 14.5 Å². The van der Waals surface area contributed by atoms with Gasteiger partial charge in [0.05, 0.1) is 16.6 Å². The number of rotatable bonds is 5. The maximum atomic E-state index is 5.37. The minimum absolute atomic E-state index is 0.696. The first-order valence-electron chi connectivity index (χ1n) is 18.1. The van der Waals surface area contributed by atoms with Gasteiger partial charge in [-0.1, -0.05) is 158 Å². The summed E-state index contributed by atoms with van der Waals surface area (Å²) < 4.78 is 2.27. The lowest BCUT2D eigenvalue weighted by Gasteiger charge is -2.12. The van der Waals surface area contributed by atoms with Crippen LogP contribution in [-0.2, 0) is 0 Å². The van der Waals surface area contributed by atoms with E-state index in [9.17, 15) is 0 Å². The van der Waals surface area contributed by atoms with Crippen molar-refractivity contribution >= 4 is 32.7 Å². The van der Waals surface area contributed by atoms with Crippen LogP contribution in [-0.4, -0.2) is 14.5 Å². The van der Waals surface area contributed by atoms with Gasteiger partial charge in [0.1, 0.15) is 5.65 Å². The Labute approximate surface area is 307 Å². The highest BCUT2D eigenvalue weighted by molar-refractivity contribution is 6.19. The first-order chi connectivity index (χ1) is 26.3. The summed E-state index contributed by atoms with van der Waals surface area (Å²) in [5.74, 6) is 0.696. The second kappa shape index (κ2) is 11.7. The lowest BCUT2D eigenvalue weighted by Crippen LogP contribution is -1.99. The summed E-state index contributed by atoms with van der Waals surface area (Å²) in [6, 6.07) is 67.2. The van der Waals surface area contributed by atoms with Gasteiger partial charge in [0.25, 0.3) is 0 Å². The molecule has 0 bridgehead atoms. The van der Waals surface area contributed by atoms with Crippen LogP contribution in [0.1, 0.15) is 0 Å². The molecule has 0 aliphatic heterocycles. The van der Waals surface area contributed by atoms with E-state index in [-0.39, 0.29) is 0 Å². The second-order valence-electron chi connectivity index (χ2n) is 13.7. The van der Waals surface area contributed by atoms with Crippen LogP contribution in [0.25, 0.3) is 106 Å². The van der Waals surface area contributed by atoms with Crippen LogP contribution < -0.4 is 0 Å². The van der Waals surface area contributed by atoms with Gasteiger partial charge in [0.15, 0.2) is 5.82 Å². The lowest BCUT2D eigenvalue weighted by atomic mass is 9.92. The summed E-state index contributed by atoms with van der Waals surface area (Å²) in [4.78, 5) is 10.7. The number of fused-ring (bicyclic) bond motifs is 6. The summed E-state index contributed by atoms with van der Waals surface area (Å²) in [5.41, 5.74) is 16.0. The number of nitrogens with zero attached hydrogens (tertiary/aromatic N) is 3. The van der Waals surface area contributed by atoms with Gasteiger partial charge < -0.3 is 0 Å². The summed E-state index contributed by atoms with van der Waals surface area (Å²) in [7, 11) is 0. The molecule has 8 aromatic carbocycles. The zero-order valence-corrected chi connectivity index (χ0v) is 28.7. The van der Waals surface area contributed by atoms with E-state index in [0.29, 0.717) is 5.82 Å². The van der Waals surface area contributed by atoms with Crippen LogP contribution in [0.4, 0.5) is 0 Å². The Morgan fingerprint density at radius 1 is 0.340 bits per heavy atom. The molecule has 0 fully saturated rings. The van der Waals surface area contributed by atoms with Crippen LogP contribution in [0.3, 0.4) is 0 Å². The molecular weight excluding hydrogens is 643 g/mol. The smallest absolute Gasteiger partial charge is 0.162 e. The average Bonchev–Trinajstić information content (AvgIpc) is 3.75. The Bertz CT molecular complexity index is 3020. The third-order valence-electron chi connectivity index (χ3n) is 10.8. The largest absolute Gasteiger partial charge is 0.294 e. The first kappa shape index (κ1) is 29.6. The molecule has 0 amide bonds. The average molecular weight is 674 g/mol. The predicted octanol–water partition coefficient (Wildman–Crippen LogP) is 13.0. The first-order valence-corrected chi connectivity index (χ1v) is 18.1. The van der Waals surface area contributed by atoms with Crippen LogP contribution in [0.2, 0.25) is 0 Å². The highest BCUT2D eigenvalue weighted by atomic mass is 15.1. The van der Waals surface area contributed by atoms with E-state index in [1.54, 1.807) is 0 Å². The molecule has 246 valence electrons. The normalized spacial score (nSPS) is 11.8. The molecule has 0 spiro atoms. The van der Waals surface area contributed by atoms with Crippen LogP contribution in [0.5, 0.6) is 0 Å². The van der Waals surface area contributed by atoms with E-state index in [2.05, 4.69) is 193 Å². The highest BCUT2D eigenvalue weighted by Gasteiger charge is 2.23. The Morgan fingerprint density at radius 3 is 1.68 bits per heavy atom. The van der Waals surface area contributed by atoms with Gasteiger partial charge in [-0.2, -0.15) is 0 Å². The maximum absolute atomic E-state index is 5.37. The maximum Gasteiger partial charge on any atom is 0.162 e. The fraction of sp³-hybridized carbons (Fsp3) is 0. The Hall–Kier alpha value is -7.10. The molecule has 53 heavy (non-hydrogen) atoms. The van der Waals surface area contributed by atoms with Crippen molar-refractivity contribution in [1.29, 1.82) is 0 Å². The summed E-state index contributed by atoms with van der Waals surface area (Å²) in [5, 5.41) is 4.81. The number of hydrogen-bond donors (Lipinski definition) is 0. The van der Waals surface area contributed by atoms with Gasteiger partial charge in [-0.05, 0) is 85.6 Å². The topological polar surface area (TPSA) is 30.7 Å². The molecule has 1 aliphatic rings. The van der Waals surface area contributed by atoms with Gasteiger partial charge in [0, 0.05) is 22.2 Å². The van der Waals surface area contributed by atoms with Crippen LogP contribution in [0, 0.1) is 0 Å². The van der Waals surface area contributed by atoms with Crippen molar-refractivity contribution < 1.29 is 0 Å². The van der Waals surface area contributed by atoms with Crippen LogP contribution >= 0.6 is 0 Å². The van der Waals surface area contributed by atoms with E-state index in [1.807, 2.05) is 0 Å². The second-order valence-corrected chi connectivity index (χ2v) is 13.7. The van der Waals surface area contributed by atoms with Crippen molar-refractivity contribution in [2.24, 2.45) is 0 Å². The molecular formula is C50H31N3. The van der Waals surface area contributed by atoms with Gasteiger partial charge in [0.2, 0.25) is 0 Å². The Morgan fingerprint density at radius 2 is 0.887 bits per heavy atom. The Kier molecular flexibility index (Phi) is 6.55. The minimum atomic E-state index is 0.696. The molecule has 0 atom stereocenters. The Balaban J connectivity index is 1.07. The van der Waals surface area contributed by atoms with E-state index >= 15 is 0 Å². The molecule has 2 aromatic heterocycles. The zero-order valence-electron chi connectivity index (χ0n) is 28.7. The highest BCUT2D eigenvalue weighted by Crippen LogP contribution is 2.49. The van der Waals surface area contributed by atoms with Crippen molar-refractivity contribution in [3.8, 4) is 72.8 Å². The number of hydrogen-bond acceptors (Lipinski definition) is 2. The number of para-hydroxylation sites is 2. The predicted molar refractivity (Wildman–Crippen MR) is 220 cm³/mol. The van der Waals surface area contributed by atoms with Crippen LogP contribution in [0.15, 0.2) is 188 Å². The third kappa shape index (κ3) is 4.61. The van der Waals surface area contributed by atoms with Gasteiger partial charge >= 0.3 is 0 Å². The fourth-order valence-corrected chi connectivity index (χ4v) is 8.39. The zero-order chi connectivity index (χ0) is 34.9. The summed E-state index contributed by atoms with van der Waals surface area (Å²) in [6.07, 6.45) is 0. The molecule has 1 aliphatic carbocycles. The lowest BCUT2D eigenvalue weighted by molar-refractivity contribution is 1.11. The van der Waals surface area contributed by atoms with Gasteiger partial charge in [-0.15, -0.1) is 0 Å². The fourth-order valence-electron chi connectivity index (χ4n) is 8.39. The van der Waals surface area contributed by atoms with Crippen molar-refractivity contribution in [3.63, 3.8) is 0 Å². The molecule has 3 heteroatoms. The monoisotopic (exact) mass is 673 g/mol. The standard InChI is InChI=1S/C50H31N3/c1-3-14-32(15-4-1)48-47-44-24-9-10-27-45(44)53(37-20-5-2-6-21-37)50(47)52-49(51-48)36-19-12-17-34(31-36)33-16-11-18-35(30-33)38-28-29-43-40-23-8-7-22-39(40)42-26-13-25-41(38)46(42)43/h1-31H. The van der Waals surface area contributed by atoms with Crippen molar-refractivity contribution in [2.75, 3.05) is 0 Å². The molecule has 0 saturated heterocycles. The molecule has 0 N–H and O–H groups in total. The van der Waals surface area contributed by atoms with E-state index in [4.69, 9.17) is 9.97 Å². The summed E-state index contributed by atoms with van der Waals surface area (Å²) >= 11 is 0. The molecule has 0 radical (unpaired) electrons. The molecule has 3 nitrogen and oxygen atoms in total. The van der Waals surface area contributed by atoms with E-state index in [1.165, 1.54) is 44.2 Å². The molecule has 11 rings (SSSR count). The number of aromatic nitrogens is 3. The van der Waals surface area contributed by atoms with Crippen molar-refractivity contribution in [2.45, 2.75) is 0 Å². The van der Waals surface area contributed by atoms with Gasteiger partial charge in [-0.25, -0.2) is 9.97 Å². The molecule has 0 saturated carbocycles. The molecule has 0 unspecified atom stereocenters.